The van der Waals surface area contributed by atoms with Crippen molar-refractivity contribution in [1.29, 1.82) is 0 Å². The van der Waals surface area contributed by atoms with Gasteiger partial charge in [0.25, 0.3) is 0 Å². The zero-order valence-electron chi connectivity index (χ0n) is 11.9. The van der Waals surface area contributed by atoms with Gasteiger partial charge in [0.15, 0.2) is 0 Å². The summed E-state index contributed by atoms with van der Waals surface area (Å²) in [6, 6.07) is 6.54. The molecule has 2 unspecified atom stereocenters. The van der Waals surface area contributed by atoms with Crippen LogP contribution in [0.5, 0.6) is 5.75 Å². The second-order valence-corrected chi connectivity index (χ2v) is 5.72. The fraction of sp³-hybridized carbons (Fsp3) is 0.625. The van der Waals surface area contributed by atoms with E-state index in [-0.39, 0.29) is 6.04 Å². The molecule has 0 aliphatic carbocycles. The quantitative estimate of drug-likeness (QED) is 0.641. The highest BCUT2D eigenvalue weighted by atomic mass is 16.5. The van der Waals surface area contributed by atoms with E-state index in [4.69, 9.17) is 15.3 Å². The summed E-state index contributed by atoms with van der Waals surface area (Å²) in [7, 11) is 0. The molecule has 0 spiro atoms. The molecule has 0 radical (unpaired) electrons. The topological polar surface area (TPSA) is 56.5 Å². The molecule has 1 saturated heterocycles. The third-order valence-corrected chi connectivity index (χ3v) is 4.34. The van der Waals surface area contributed by atoms with Crippen molar-refractivity contribution < 1.29 is 9.47 Å². The molecule has 0 bridgehead atoms. The van der Waals surface area contributed by atoms with Gasteiger partial charge in [0.05, 0.1) is 12.7 Å². The summed E-state index contributed by atoms with van der Waals surface area (Å²) in [5.74, 6) is 6.83. The second kappa shape index (κ2) is 6.57. The first-order chi connectivity index (χ1) is 9.88. The lowest BCUT2D eigenvalue weighted by Gasteiger charge is -2.25. The van der Waals surface area contributed by atoms with E-state index in [2.05, 4.69) is 23.6 Å². The Morgan fingerprint density at radius 3 is 3.05 bits per heavy atom. The Bertz CT molecular complexity index is 444. The number of rotatable bonds is 5. The predicted molar refractivity (Wildman–Crippen MR) is 78.5 cm³/mol. The number of fused-ring (bicyclic) bond motifs is 1. The molecule has 0 saturated carbocycles. The van der Waals surface area contributed by atoms with Crippen LogP contribution in [0.1, 0.15) is 49.3 Å². The number of para-hydroxylation sites is 1. The molecule has 1 fully saturated rings. The van der Waals surface area contributed by atoms with Gasteiger partial charge < -0.3 is 9.47 Å². The fourth-order valence-corrected chi connectivity index (χ4v) is 3.24. The molecule has 4 nitrogen and oxygen atoms in total. The first-order valence-corrected chi connectivity index (χ1v) is 7.71. The van der Waals surface area contributed by atoms with Crippen LogP contribution in [0.4, 0.5) is 0 Å². The molecule has 3 N–H and O–H groups in total. The van der Waals surface area contributed by atoms with Crippen LogP contribution in [0, 0.1) is 0 Å². The summed E-state index contributed by atoms with van der Waals surface area (Å²) in [5.41, 5.74) is 5.47. The summed E-state index contributed by atoms with van der Waals surface area (Å²) >= 11 is 0. The normalized spacial score (nSPS) is 23.1. The monoisotopic (exact) mass is 276 g/mol. The Morgan fingerprint density at radius 2 is 2.25 bits per heavy atom. The van der Waals surface area contributed by atoms with Crippen molar-refractivity contribution in [2.75, 3.05) is 13.2 Å². The first-order valence-electron chi connectivity index (χ1n) is 7.71. The van der Waals surface area contributed by atoms with Crippen LogP contribution < -0.4 is 16.0 Å². The number of hydrogen-bond acceptors (Lipinski definition) is 4. The first kappa shape index (κ1) is 13.9. The summed E-state index contributed by atoms with van der Waals surface area (Å²) < 4.78 is 11.6. The molecule has 20 heavy (non-hydrogen) atoms. The van der Waals surface area contributed by atoms with Crippen molar-refractivity contribution in [3.63, 3.8) is 0 Å². The number of ether oxygens (including phenoxy) is 2. The van der Waals surface area contributed by atoms with Crippen LogP contribution >= 0.6 is 0 Å². The maximum Gasteiger partial charge on any atom is 0.127 e. The Hall–Kier alpha value is -1.10. The van der Waals surface area contributed by atoms with Gasteiger partial charge >= 0.3 is 0 Å². The minimum atomic E-state index is 0.146. The van der Waals surface area contributed by atoms with E-state index in [1.165, 1.54) is 24.0 Å². The van der Waals surface area contributed by atoms with E-state index in [1.54, 1.807) is 0 Å². The van der Waals surface area contributed by atoms with Gasteiger partial charge in [-0.15, -0.1) is 0 Å². The van der Waals surface area contributed by atoms with Crippen LogP contribution in [0.15, 0.2) is 18.2 Å². The molecule has 0 amide bonds. The number of aryl methyl sites for hydroxylation is 1. The largest absolute Gasteiger partial charge is 0.493 e. The van der Waals surface area contributed by atoms with Crippen molar-refractivity contribution >= 4 is 0 Å². The van der Waals surface area contributed by atoms with Gasteiger partial charge in [-0.25, -0.2) is 0 Å². The zero-order chi connectivity index (χ0) is 13.8. The molecular formula is C16H24N2O2. The van der Waals surface area contributed by atoms with E-state index in [0.29, 0.717) is 6.10 Å². The SMILES string of the molecule is NNC(CCC1CCCO1)c1cccc2c1OCCC2. The van der Waals surface area contributed by atoms with Crippen LogP contribution in [-0.2, 0) is 11.2 Å². The van der Waals surface area contributed by atoms with Crippen LogP contribution in [0.3, 0.4) is 0 Å². The Morgan fingerprint density at radius 1 is 1.30 bits per heavy atom. The van der Waals surface area contributed by atoms with Gasteiger partial charge in [-0.3, -0.25) is 11.3 Å². The molecule has 1 aromatic rings. The van der Waals surface area contributed by atoms with Gasteiger partial charge in [0.2, 0.25) is 0 Å². The fourth-order valence-electron chi connectivity index (χ4n) is 3.24. The number of hydrogen-bond donors (Lipinski definition) is 2. The van der Waals surface area contributed by atoms with Crippen LogP contribution in [0.2, 0.25) is 0 Å². The standard InChI is InChI=1S/C16H24N2O2/c17-18-15(9-8-13-6-3-10-19-13)14-7-1-4-12-5-2-11-20-16(12)14/h1,4,7,13,15,18H,2-3,5-6,8-11,17H2. The second-order valence-electron chi connectivity index (χ2n) is 5.72. The Labute approximate surface area is 120 Å². The third-order valence-electron chi connectivity index (χ3n) is 4.34. The summed E-state index contributed by atoms with van der Waals surface area (Å²) in [6.07, 6.45) is 7.03. The predicted octanol–water partition coefficient (Wildman–Crippen LogP) is 2.48. The van der Waals surface area contributed by atoms with E-state index < -0.39 is 0 Å². The molecule has 1 aromatic carbocycles. The highest BCUT2D eigenvalue weighted by molar-refractivity contribution is 5.44. The van der Waals surface area contributed by atoms with Crippen LogP contribution in [-0.4, -0.2) is 19.3 Å². The smallest absolute Gasteiger partial charge is 0.127 e. The summed E-state index contributed by atoms with van der Waals surface area (Å²) in [6.45, 7) is 1.72. The molecule has 2 heterocycles. The lowest BCUT2D eigenvalue weighted by atomic mass is 9.94. The van der Waals surface area contributed by atoms with Crippen molar-refractivity contribution in [3.05, 3.63) is 29.3 Å². The van der Waals surface area contributed by atoms with Crippen molar-refractivity contribution in [1.82, 2.24) is 5.43 Å². The number of nitrogens with one attached hydrogen (secondary N) is 1. The highest BCUT2D eigenvalue weighted by Gasteiger charge is 2.22. The summed E-state index contributed by atoms with van der Waals surface area (Å²) in [5, 5.41) is 0. The number of benzene rings is 1. The van der Waals surface area contributed by atoms with Gasteiger partial charge in [0.1, 0.15) is 5.75 Å². The van der Waals surface area contributed by atoms with Crippen LogP contribution in [0.25, 0.3) is 0 Å². The molecule has 2 aliphatic rings. The Balaban J connectivity index is 1.71. The summed E-state index contributed by atoms with van der Waals surface area (Å²) in [4.78, 5) is 0. The van der Waals surface area contributed by atoms with Crippen molar-refractivity contribution in [2.24, 2.45) is 5.84 Å². The minimum absolute atomic E-state index is 0.146. The van der Waals surface area contributed by atoms with Gasteiger partial charge in [0, 0.05) is 18.2 Å². The van der Waals surface area contributed by atoms with Crippen molar-refractivity contribution in [2.45, 2.75) is 50.7 Å². The maximum atomic E-state index is 5.88. The zero-order valence-corrected chi connectivity index (χ0v) is 11.9. The van der Waals surface area contributed by atoms with E-state index >= 15 is 0 Å². The van der Waals surface area contributed by atoms with Crippen molar-refractivity contribution in [3.8, 4) is 5.75 Å². The average Bonchev–Trinajstić information content (AvgIpc) is 3.01. The van der Waals surface area contributed by atoms with Gasteiger partial charge in [-0.2, -0.15) is 0 Å². The van der Waals surface area contributed by atoms with Gasteiger partial charge in [-0.1, -0.05) is 18.2 Å². The van der Waals surface area contributed by atoms with E-state index in [1.807, 2.05) is 0 Å². The molecule has 110 valence electrons. The molecule has 3 rings (SSSR count). The molecular weight excluding hydrogens is 252 g/mol. The molecule has 2 atom stereocenters. The lowest BCUT2D eigenvalue weighted by molar-refractivity contribution is 0.0994. The number of nitrogens with two attached hydrogens (primary N) is 1. The third kappa shape index (κ3) is 2.97. The molecule has 2 aliphatic heterocycles. The molecule has 0 aromatic heterocycles. The Kier molecular flexibility index (Phi) is 4.55. The minimum Gasteiger partial charge on any atom is -0.493 e. The maximum absolute atomic E-state index is 5.88. The van der Waals surface area contributed by atoms with Gasteiger partial charge in [-0.05, 0) is 44.1 Å². The number of hydrazine groups is 1. The lowest BCUT2D eigenvalue weighted by Crippen LogP contribution is -2.29. The molecule has 4 heteroatoms. The highest BCUT2D eigenvalue weighted by Crippen LogP contribution is 2.35. The average molecular weight is 276 g/mol. The van der Waals surface area contributed by atoms with E-state index in [0.717, 1.165) is 44.6 Å². The van der Waals surface area contributed by atoms with E-state index in [9.17, 15) is 0 Å².